The molecule has 0 saturated carbocycles. The lowest BCUT2D eigenvalue weighted by atomic mass is 9.97. The lowest BCUT2D eigenvalue weighted by Crippen LogP contribution is -2.48. The number of benzene rings is 3. The zero-order chi connectivity index (χ0) is 28.8. The first-order valence-corrected chi connectivity index (χ1v) is 14.5. The highest BCUT2D eigenvalue weighted by atomic mass is 32.1. The summed E-state index contributed by atoms with van der Waals surface area (Å²) in [6.07, 6.45) is 0. The largest absolute Gasteiger partial charge is 0.508 e. The van der Waals surface area contributed by atoms with Gasteiger partial charge in [-0.2, -0.15) is 0 Å². The molecule has 0 bridgehead atoms. The van der Waals surface area contributed by atoms with E-state index in [2.05, 4.69) is 9.80 Å². The Balaban J connectivity index is 1.18. The lowest BCUT2D eigenvalue weighted by molar-refractivity contribution is -0.121. The molecule has 1 fully saturated rings. The molecule has 0 spiro atoms. The van der Waals surface area contributed by atoms with Crippen molar-refractivity contribution in [3.05, 3.63) is 77.9 Å². The van der Waals surface area contributed by atoms with E-state index in [0.717, 1.165) is 59.8 Å². The number of Topliss-reactive ketones (excluding diaryl/α,β-unsaturated/α-hetero) is 1. The fourth-order valence-electron chi connectivity index (χ4n) is 4.91. The van der Waals surface area contributed by atoms with Crippen LogP contribution in [0.1, 0.15) is 22.8 Å². The van der Waals surface area contributed by atoms with Gasteiger partial charge in [0.1, 0.15) is 30.5 Å². The fraction of sp³-hybridized carbons (Fsp3) is 0.312. The van der Waals surface area contributed by atoms with Gasteiger partial charge >= 0.3 is 0 Å². The van der Waals surface area contributed by atoms with Gasteiger partial charge in [-0.25, -0.2) is 0 Å². The Kier molecular flexibility index (Phi) is 9.31. The highest BCUT2D eigenvalue weighted by Crippen LogP contribution is 2.41. The quantitative estimate of drug-likeness (QED) is 0.184. The molecule has 2 heterocycles. The van der Waals surface area contributed by atoms with E-state index in [1.54, 1.807) is 54.6 Å². The number of ketones is 2. The third-order valence-corrected chi connectivity index (χ3v) is 8.35. The number of piperazine rings is 1. The summed E-state index contributed by atoms with van der Waals surface area (Å²) in [7, 11) is 0. The summed E-state index contributed by atoms with van der Waals surface area (Å²) < 4.78 is 12.2. The predicted molar refractivity (Wildman–Crippen MR) is 160 cm³/mol. The van der Waals surface area contributed by atoms with Gasteiger partial charge in [0.05, 0.1) is 6.61 Å². The molecule has 214 valence electrons. The number of rotatable bonds is 12. The Morgan fingerprint density at radius 1 is 0.829 bits per heavy atom. The second-order valence-corrected chi connectivity index (χ2v) is 11.2. The molecule has 1 aliphatic heterocycles. The molecular weight excluding hydrogens is 540 g/mol. The van der Waals surface area contributed by atoms with Crippen molar-refractivity contribution in [1.82, 2.24) is 9.80 Å². The van der Waals surface area contributed by atoms with Crippen LogP contribution in [0.15, 0.2) is 66.7 Å². The van der Waals surface area contributed by atoms with Gasteiger partial charge in [-0.05, 0) is 79.2 Å². The molecule has 0 radical (unpaired) electrons. The average Bonchev–Trinajstić information content (AvgIpc) is 3.35. The molecule has 3 aromatic carbocycles. The Morgan fingerprint density at radius 3 is 2.12 bits per heavy atom. The summed E-state index contributed by atoms with van der Waals surface area (Å²) in [6, 6.07) is 19.0. The predicted octanol–water partition coefficient (Wildman–Crippen LogP) is 4.81. The molecule has 0 atom stereocenters. The minimum atomic E-state index is -0.110. The maximum atomic E-state index is 13.8. The van der Waals surface area contributed by atoms with Crippen molar-refractivity contribution in [2.75, 3.05) is 59.1 Å². The number of nitrogens with zero attached hydrogens (tertiary/aromatic N) is 2. The van der Waals surface area contributed by atoms with Crippen LogP contribution in [0.2, 0.25) is 0 Å². The number of carbonyl (C=O) groups is 2. The molecular formula is C32H34N2O6S. The third-order valence-electron chi connectivity index (χ3n) is 7.15. The Morgan fingerprint density at radius 2 is 1.46 bits per heavy atom. The minimum Gasteiger partial charge on any atom is -0.508 e. The number of carbonyl (C=O) groups excluding carboxylic acids is 2. The van der Waals surface area contributed by atoms with Gasteiger partial charge in [-0.3, -0.25) is 19.4 Å². The van der Waals surface area contributed by atoms with Crippen molar-refractivity contribution in [1.29, 1.82) is 0 Å². The zero-order valence-electron chi connectivity index (χ0n) is 23.0. The number of ether oxygens (including phenoxy) is 2. The fourth-order valence-corrected chi connectivity index (χ4v) is 6.15. The van der Waals surface area contributed by atoms with Crippen molar-refractivity contribution in [3.8, 4) is 27.7 Å². The molecule has 0 amide bonds. The van der Waals surface area contributed by atoms with Crippen LogP contribution in [0.25, 0.3) is 20.5 Å². The van der Waals surface area contributed by atoms with Gasteiger partial charge in [0.2, 0.25) is 0 Å². The van der Waals surface area contributed by atoms with Crippen molar-refractivity contribution in [2.45, 2.75) is 6.92 Å². The van der Waals surface area contributed by atoms with Crippen LogP contribution in [0.4, 0.5) is 0 Å². The molecule has 5 rings (SSSR count). The van der Waals surface area contributed by atoms with E-state index >= 15 is 0 Å². The molecule has 0 unspecified atom stereocenters. The molecule has 1 aliphatic rings. The summed E-state index contributed by atoms with van der Waals surface area (Å²) in [5, 5.41) is 20.5. The number of hydrogen-bond donors (Lipinski definition) is 2. The topological polar surface area (TPSA) is 99.5 Å². The van der Waals surface area contributed by atoms with Crippen molar-refractivity contribution < 1.29 is 29.3 Å². The van der Waals surface area contributed by atoms with Crippen LogP contribution in [-0.2, 0) is 9.53 Å². The van der Waals surface area contributed by atoms with E-state index in [1.165, 1.54) is 18.3 Å². The van der Waals surface area contributed by atoms with Gasteiger partial charge in [0.15, 0.2) is 11.6 Å². The highest BCUT2D eigenvalue weighted by Gasteiger charge is 2.22. The molecule has 1 saturated heterocycles. The minimum absolute atomic E-state index is 0.0498. The number of aromatic hydroxyl groups is 2. The normalized spacial score (nSPS) is 14.4. The van der Waals surface area contributed by atoms with E-state index < -0.39 is 0 Å². The van der Waals surface area contributed by atoms with Crippen LogP contribution >= 0.6 is 11.3 Å². The van der Waals surface area contributed by atoms with Crippen molar-refractivity contribution in [3.63, 3.8) is 0 Å². The number of phenols is 2. The number of fused-ring (bicyclic) bond motifs is 1. The smallest absolute Gasteiger partial charge is 0.195 e. The lowest BCUT2D eigenvalue weighted by Gasteiger charge is -2.34. The summed E-state index contributed by atoms with van der Waals surface area (Å²) in [6.45, 7) is 8.34. The molecule has 41 heavy (non-hydrogen) atoms. The van der Waals surface area contributed by atoms with Crippen LogP contribution in [0.5, 0.6) is 17.2 Å². The van der Waals surface area contributed by atoms with Crippen molar-refractivity contribution in [2.24, 2.45) is 0 Å². The van der Waals surface area contributed by atoms with E-state index in [1.807, 2.05) is 12.1 Å². The maximum absolute atomic E-state index is 13.8. The van der Waals surface area contributed by atoms with E-state index in [4.69, 9.17) is 9.47 Å². The second-order valence-electron chi connectivity index (χ2n) is 10.2. The first-order chi connectivity index (χ1) is 19.9. The monoisotopic (exact) mass is 574 g/mol. The molecule has 8 nitrogen and oxygen atoms in total. The van der Waals surface area contributed by atoms with Crippen LogP contribution < -0.4 is 4.74 Å². The number of hydrogen-bond acceptors (Lipinski definition) is 9. The van der Waals surface area contributed by atoms with Crippen molar-refractivity contribution >= 4 is 33.0 Å². The van der Waals surface area contributed by atoms with Gasteiger partial charge in [-0.15, -0.1) is 11.3 Å². The summed E-state index contributed by atoms with van der Waals surface area (Å²) in [4.78, 5) is 30.2. The Hall–Kier alpha value is -3.76. The summed E-state index contributed by atoms with van der Waals surface area (Å²) in [5.74, 6) is 0.955. The molecule has 9 heteroatoms. The van der Waals surface area contributed by atoms with E-state index in [-0.39, 0.29) is 29.7 Å². The van der Waals surface area contributed by atoms with Crippen LogP contribution in [0, 0.1) is 0 Å². The summed E-state index contributed by atoms with van der Waals surface area (Å²) >= 11 is 1.44. The maximum Gasteiger partial charge on any atom is 0.195 e. The van der Waals surface area contributed by atoms with Crippen LogP contribution in [0.3, 0.4) is 0 Å². The van der Waals surface area contributed by atoms with Gasteiger partial charge in [0.25, 0.3) is 0 Å². The van der Waals surface area contributed by atoms with Gasteiger partial charge in [-0.1, -0.05) is 0 Å². The van der Waals surface area contributed by atoms with Gasteiger partial charge in [0, 0.05) is 65.4 Å². The molecule has 0 aliphatic carbocycles. The average molecular weight is 575 g/mol. The highest BCUT2D eigenvalue weighted by molar-refractivity contribution is 7.22. The van der Waals surface area contributed by atoms with E-state index in [0.29, 0.717) is 30.1 Å². The Labute approximate surface area is 243 Å². The van der Waals surface area contributed by atoms with Crippen LogP contribution in [-0.4, -0.2) is 90.7 Å². The first-order valence-electron chi connectivity index (χ1n) is 13.7. The van der Waals surface area contributed by atoms with Gasteiger partial charge < -0.3 is 19.7 Å². The Bertz CT molecular complexity index is 1490. The molecule has 2 N–H and O–H groups in total. The third kappa shape index (κ3) is 7.31. The SMILES string of the molecule is CC(=O)COCCN1CCN(CCOc2ccc(C(=O)c3c(-c4ccc(O)cc4)sc4cc(O)ccc34)cc2)CC1. The molecule has 4 aromatic rings. The first kappa shape index (κ1) is 28.8. The standard InChI is InChI=1S/C32H34N2O6S/c1-22(35)21-39-18-16-33-12-14-34(15-13-33)17-19-40-27-9-4-23(5-10-27)31(38)30-28-11-8-26(37)20-29(28)41-32(30)24-2-6-25(36)7-3-24/h2-11,20,36-37H,12-19,21H2,1H3. The molecule has 1 aromatic heterocycles. The second kappa shape index (κ2) is 13.3. The number of phenolic OH excluding ortho intramolecular Hbond substituents is 2. The zero-order valence-corrected chi connectivity index (χ0v) is 23.9. The van der Waals surface area contributed by atoms with E-state index in [9.17, 15) is 19.8 Å². The number of thiophene rings is 1. The summed E-state index contributed by atoms with van der Waals surface area (Å²) in [5.41, 5.74) is 1.96.